The third kappa shape index (κ3) is 3.73. The predicted octanol–water partition coefficient (Wildman–Crippen LogP) is 2.29. The summed E-state index contributed by atoms with van der Waals surface area (Å²) < 4.78 is 11.1. The number of anilines is 2. The number of pyridine rings is 1. The maximum Gasteiger partial charge on any atom is 0.239 e. The second-order valence-electron chi connectivity index (χ2n) is 5.26. The molecule has 5 heteroatoms. The second kappa shape index (κ2) is 6.10. The van der Waals surface area contributed by atoms with Crippen LogP contribution in [-0.4, -0.2) is 30.3 Å². The first-order valence-electron chi connectivity index (χ1n) is 6.85. The molecule has 3 N–H and O–H groups in total. The fourth-order valence-electron chi connectivity index (χ4n) is 2.15. The van der Waals surface area contributed by atoms with Crippen LogP contribution in [0.2, 0.25) is 0 Å². The van der Waals surface area contributed by atoms with E-state index in [2.05, 4.69) is 17.2 Å². The zero-order valence-corrected chi connectivity index (χ0v) is 11.8. The Bertz CT molecular complexity index is 423. The van der Waals surface area contributed by atoms with Crippen LogP contribution in [-0.2, 0) is 4.74 Å². The molecule has 106 valence electrons. The summed E-state index contributed by atoms with van der Waals surface area (Å²) in [6, 6.07) is 3.70. The molecular formula is C14H23N3O2. The molecule has 19 heavy (non-hydrogen) atoms. The summed E-state index contributed by atoms with van der Waals surface area (Å²) in [5.74, 6) is 1.83. The smallest absolute Gasteiger partial charge is 0.239 e. The number of hydrogen-bond donors (Lipinski definition) is 2. The van der Waals surface area contributed by atoms with E-state index in [1.165, 1.54) is 0 Å². The van der Waals surface area contributed by atoms with Crippen LogP contribution in [0.4, 0.5) is 11.5 Å². The van der Waals surface area contributed by atoms with Crippen LogP contribution >= 0.6 is 0 Å². The summed E-state index contributed by atoms with van der Waals surface area (Å²) in [4.78, 5) is 4.40. The third-order valence-electron chi connectivity index (χ3n) is 3.32. The Morgan fingerprint density at radius 1 is 1.53 bits per heavy atom. The average Bonchev–Trinajstić information content (AvgIpc) is 2.75. The third-order valence-corrected chi connectivity index (χ3v) is 3.32. The van der Waals surface area contributed by atoms with E-state index in [0.717, 1.165) is 25.4 Å². The Hall–Kier alpha value is -1.49. The molecule has 1 saturated heterocycles. The molecule has 0 bridgehead atoms. The van der Waals surface area contributed by atoms with Crippen molar-refractivity contribution in [1.82, 2.24) is 4.98 Å². The Morgan fingerprint density at radius 3 is 2.95 bits per heavy atom. The molecule has 1 aromatic rings. The van der Waals surface area contributed by atoms with Gasteiger partial charge in [0, 0.05) is 19.1 Å². The first-order valence-corrected chi connectivity index (χ1v) is 6.85. The van der Waals surface area contributed by atoms with Crippen molar-refractivity contribution in [3.63, 3.8) is 0 Å². The quantitative estimate of drug-likeness (QED) is 0.855. The maximum atomic E-state index is 5.84. The number of hydrogen-bond acceptors (Lipinski definition) is 5. The Labute approximate surface area is 114 Å². The molecule has 1 aliphatic rings. The van der Waals surface area contributed by atoms with Crippen molar-refractivity contribution in [2.75, 3.05) is 24.2 Å². The first-order chi connectivity index (χ1) is 9.06. The minimum absolute atomic E-state index is 0.0632. The van der Waals surface area contributed by atoms with Crippen molar-refractivity contribution in [2.24, 2.45) is 5.92 Å². The number of nitrogens with one attached hydrogen (secondary N) is 1. The van der Waals surface area contributed by atoms with Gasteiger partial charge in [0.2, 0.25) is 5.88 Å². The van der Waals surface area contributed by atoms with Crippen LogP contribution in [0, 0.1) is 5.92 Å². The summed E-state index contributed by atoms with van der Waals surface area (Å²) in [6.45, 7) is 7.74. The zero-order chi connectivity index (χ0) is 13.8. The van der Waals surface area contributed by atoms with Crippen LogP contribution in [0.3, 0.4) is 0 Å². The van der Waals surface area contributed by atoms with Crippen molar-refractivity contribution in [3.05, 3.63) is 12.1 Å². The number of ether oxygens (including phenoxy) is 2. The highest BCUT2D eigenvalue weighted by molar-refractivity contribution is 5.53. The Morgan fingerprint density at radius 2 is 2.32 bits per heavy atom. The van der Waals surface area contributed by atoms with Crippen molar-refractivity contribution >= 4 is 11.5 Å². The van der Waals surface area contributed by atoms with Gasteiger partial charge in [-0.15, -0.1) is 0 Å². The van der Waals surface area contributed by atoms with E-state index >= 15 is 0 Å². The fourth-order valence-corrected chi connectivity index (χ4v) is 2.15. The van der Waals surface area contributed by atoms with Gasteiger partial charge >= 0.3 is 0 Å². The highest BCUT2D eigenvalue weighted by Crippen LogP contribution is 2.24. The van der Waals surface area contributed by atoms with E-state index < -0.39 is 0 Å². The molecule has 0 aromatic carbocycles. The Kier molecular flexibility index (Phi) is 4.47. The molecule has 5 nitrogen and oxygen atoms in total. The molecule has 0 amide bonds. The van der Waals surface area contributed by atoms with Gasteiger partial charge in [-0.2, -0.15) is 4.98 Å². The Balaban J connectivity index is 1.96. The van der Waals surface area contributed by atoms with E-state index in [-0.39, 0.29) is 6.10 Å². The standard InChI is InChI=1S/C14H23N3O2/c1-9(2)19-14-12(15)4-5-13(17-14)16-8-11-6-7-18-10(11)3/h4-5,9-11H,6-8,15H2,1-3H3,(H,16,17). The van der Waals surface area contributed by atoms with Gasteiger partial charge in [0.05, 0.1) is 17.9 Å². The lowest BCUT2D eigenvalue weighted by Gasteiger charge is -2.16. The topological polar surface area (TPSA) is 69.4 Å². The number of nitrogens with zero attached hydrogens (tertiary/aromatic N) is 1. The number of aromatic nitrogens is 1. The summed E-state index contributed by atoms with van der Waals surface area (Å²) in [5, 5.41) is 3.33. The summed E-state index contributed by atoms with van der Waals surface area (Å²) in [6.07, 6.45) is 1.47. The monoisotopic (exact) mass is 265 g/mol. The lowest BCUT2D eigenvalue weighted by Crippen LogP contribution is -2.21. The van der Waals surface area contributed by atoms with E-state index in [1.54, 1.807) is 0 Å². The zero-order valence-electron chi connectivity index (χ0n) is 11.8. The number of nitrogens with two attached hydrogens (primary N) is 1. The molecule has 0 radical (unpaired) electrons. The molecule has 2 heterocycles. The molecule has 0 spiro atoms. The van der Waals surface area contributed by atoms with Gasteiger partial charge in [0.25, 0.3) is 0 Å². The SMILES string of the molecule is CC(C)Oc1nc(NCC2CCOC2C)ccc1N. The van der Waals surface area contributed by atoms with Crippen LogP contribution in [0.25, 0.3) is 0 Å². The van der Waals surface area contributed by atoms with E-state index in [9.17, 15) is 0 Å². The highest BCUT2D eigenvalue weighted by atomic mass is 16.5. The lowest BCUT2D eigenvalue weighted by atomic mass is 10.0. The molecule has 2 unspecified atom stereocenters. The van der Waals surface area contributed by atoms with Crippen LogP contribution in [0.1, 0.15) is 27.2 Å². The highest BCUT2D eigenvalue weighted by Gasteiger charge is 2.23. The summed E-state index contributed by atoms with van der Waals surface area (Å²) >= 11 is 0. The minimum atomic E-state index is 0.0632. The molecule has 1 aliphatic heterocycles. The fraction of sp³-hybridized carbons (Fsp3) is 0.643. The first kappa shape index (κ1) is 13.9. The average molecular weight is 265 g/mol. The lowest BCUT2D eigenvalue weighted by molar-refractivity contribution is 0.108. The molecule has 2 atom stereocenters. The predicted molar refractivity (Wildman–Crippen MR) is 76.4 cm³/mol. The number of nitrogen functional groups attached to an aromatic ring is 1. The molecule has 0 saturated carbocycles. The molecule has 2 rings (SSSR count). The normalized spacial score (nSPS) is 22.7. The van der Waals surface area contributed by atoms with Crippen LogP contribution < -0.4 is 15.8 Å². The largest absolute Gasteiger partial charge is 0.473 e. The van der Waals surface area contributed by atoms with Crippen LogP contribution in [0.5, 0.6) is 5.88 Å². The molecule has 1 aromatic heterocycles. The maximum absolute atomic E-state index is 5.84. The van der Waals surface area contributed by atoms with Crippen molar-refractivity contribution in [2.45, 2.75) is 39.4 Å². The second-order valence-corrected chi connectivity index (χ2v) is 5.26. The van der Waals surface area contributed by atoms with Crippen molar-refractivity contribution < 1.29 is 9.47 Å². The summed E-state index contributed by atoms with van der Waals surface area (Å²) in [5.41, 5.74) is 6.41. The van der Waals surface area contributed by atoms with E-state index in [1.807, 2.05) is 26.0 Å². The van der Waals surface area contributed by atoms with Gasteiger partial charge in [-0.25, -0.2) is 0 Å². The van der Waals surface area contributed by atoms with Gasteiger partial charge in [-0.3, -0.25) is 0 Å². The van der Waals surface area contributed by atoms with Crippen molar-refractivity contribution in [3.8, 4) is 5.88 Å². The van der Waals surface area contributed by atoms with Gasteiger partial charge < -0.3 is 20.5 Å². The van der Waals surface area contributed by atoms with Gasteiger partial charge in [0.1, 0.15) is 5.82 Å². The van der Waals surface area contributed by atoms with E-state index in [0.29, 0.717) is 23.6 Å². The molecule has 0 aliphatic carbocycles. The van der Waals surface area contributed by atoms with E-state index in [4.69, 9.17) is 15.2 Å². The minimum Gasteiger partial charge on any atom is -0.473 e. The van der Waals surface area contributed by atoms with Gasteiger partial charge in [-0.1, -0.05) is 0 Å². The van der Waals surface area contributed by atoms with Gasteiger partial charge in [0.15, 0.2) is 0 Å². The summed E-state index contributed by atoms with van der Waals surface area (Å²) in [7, 11) is 0. The number of rotatable bonds is 5. The van der Waals surface area contributed by atoms with Gasteiger partial charge in [-0.05, 0) is 39.3 Å². The van der Waals surface area contributed by atoms with Crippen molar-refractivity contribution in [1.29, 1.82) is 0 Å². The van der Waals surface area contributed by atoms with Crippen LogP contribution in [0.15, 0.2) is 12.1 Å². The molecule has 1 fully saturated rings. The molecular weight excluding hydrogens is 242 g/mol.